The van der Waals surface area contributed by atoms with Crippen molar-refractivity contribution in [3.8, 4) is 11.8 Å². The van der Waals surface area contributed by atoms with Gasteiger partial charge in [-0.2, -0.15) is 5.26 Å². The lowest BCUT2D eigenvalue weighted by Crippen LogP contribution is -2.25. The summed E-state index contributed by atoms with van der Waals surface area (Å²) < 4.78 is 5.55. The lowest BCUT2D eigenvalue weighted by Gasteiger charge is -2.11. The van der Waals surface area contributed by atoms with Gasteiger partial charge in [0.1, 0.15) is 24.7 Å². The van der Waals surface area contributed by atoms with Gasteiger partial charge < -0.3 is 14.8 Å². The molecular formula is C15H16N2O3. The number of nitrogens with zero attached hydrogens (tertiary/aromatic N) is 1. The van der Waals surface area contributed by atoms with Gasteiger partial charge in [-0.05, 0) is 30.0 Å². The zero-order valence-electron chi connectivity index (χ0n) is 11.3. The maximum atomic E-state index is 10.9. The molecule has 5 nitrogen and oxygen atoms in total. The first kappa shape index (κ1) is 14.1. The molecule has 0 aliphatic heterocycles. The third-order valence-electron chi connectivity index (χ3n) is 3.36. The van der Waals surface area contributed by atoms with Gasteiger partial charge in [-0.3, -0.25) is 4.79 Å². The number of amides is 1. The Morgan fingerprint density at radius 1 is 1.55 bits per heavy atom. The fourth-order valence-corrected chi connectivity index (χ4v) is 2.44. The molecule has 1 amide bonds. The van der Waals surface area contributed by atoms with Crippen LogP contribution in [0.15, 0.2) is 12.1 Å². The van der Waals surface area contributed by atoms with E-state index in [0.717, 1.165) is 17.4 Å². The van der Waals surface area contributed by atoms with Crippen molar-refractivity contribution in [1.82, 2.24) is 5.32 Å². The average Bonchev–Trinajstić information content (AvgIpc) is 2.86. The van der Waals surface area contributed by atoms with Crippen LogP contribution < -0.4 is 10.1 Å². The Kier molecular flexibility index (Phi) is 4.36. The number of carbonyl (C=O) groups excluding carboxylic acids is 2. The van der Waals surface area contributed by atoms with E-state index in [1.54, 1.807) is 6.07 Å². The zero-order chi connectivity index (χ0) is 14.5. The first-order valence-corrected chi connectivity index (χ1v) is 6.53. The molecule has 0 fully saturated rings. The Morgan fingerprint density at radius 3 is 3.00 bits per heavy atom. The highest BCUT2D eigenvalue weighted by Gasteiger charge is 2.25. The Hall–Kier alpha value is -2.35. The van der Waals surface area contributed by atoms with Gasteiger partial charge in [-0.1, -0.05) is 6.07 Å². The highest BCUT2D eigenvalue weighted by Crippen LogP contribution is 2.33. The van der Waals surface area contributed by atoms with E-state index in [1.807, 2.05) is 6.07 Å². The van der Waals surface area contributed by atoms with Crippen molar-refractivity contribution in [3.63, 3.8) is 0 Å². The highest BCUT2D eigenvalue weighted by molar-refractivity contribution is 5.72. The topological polar surface area (TPSA) is 79.2 Å². The minimum Gasteiger partial charge on any atom is -0.490 e. The van der Waals surface area contributed by atoms with Gasteiger partial charge in [-0.15, -0.1) is 0 Å². The molecule has 2 rings (SSSR count). The van der Waals surface area contributed by atoms with Crippen LogP contribution in [-0.2, 0) is 22.4 Å². The van der Waals surface area contributed by atoms with Crippen molar-refractivity contribution in [3.05, 3.63) is 28.8 Å². The van der Waals surface area contributed by atoms with E-state index >= 15 is 0 Å². The first-order valence-electron chi connectivity index (χ1n) is 6.53. The van der Waals surface area contributed by atoms with Gasteiger partial charge in [0.25, 0.3) is 0 Å². The summed E-state index contributed by atoms with van der Waals surface area (Å²) in [5.41, 5.74) is 2.48. The molecule has 0 saturated heterocycles. The fourth-order valence-electron chi connectivity index (χ4n) is 2.44. The molecule has 1 aromatic carbocycles. The van der Waals surface area contributed by atoms with Gasteiger partial charge in [0.05, 0.1) is 12.1 Å². The molecule has 1 atom stereocenters. The van der Waals surface area contributed by atoms with E-state index in [4.69, 9.17) is 4.74 Å². The lowest BCUT2D eigenvalue weighted by atomic mass is 10.0. The molecule has 20 heavy (non-hydrogen) atoms. The maximum absolute atomic E-state index is 10.9. The molecule has 1 aliphatic rings. The van der Waals surface area contributed by atoms with E-state index in [2.05, 4.69) is 11.4 Å². The zero-order valence-corrected chi connectivity index (χ0v) is 11.3. The van der Waals surface area contributed by atoms with Crippen LogP contribution in [0.2, 0.25) is 0 Å². The second kappa shape index (κ2) is 6.20. The average molecular weight is 272 g/mol. The van der Waals surface area contributed by atoms with Crippen LogP contribution in [0.4, 0.5) is 0 Å². The van der Waals surface area contributed by atoms with Crippen molar-refractivity contribution < 1.29 is 14.3 Å². The molecule has 104 valence electrons. The van der Waals surface area contributed by atoms with Crippen molar-refractivity contribution in [1.29, 1.82) is 5.26 Å². The molecule has 1 aromatic rings. The van der Waals surface area contributed by atoms with Crippen LogP contribution >= 0.6 is 0 Å². The van der Waals surface area contributed by atoms with Crippen molar-refractivity contribution >= 4 is 12.2 Å². The highest BCUT2D eigenvalue weighted by atomic mass is 16.5. The Labute approximate surface area is 117 Å². The molecule has 0 saturated carbocycles. The summed E-state index contributed by atoms with van der Waals surface area (Å²) in [7, 11) is 0. The molecule has 1 N–H and O–H groups in total. The van der Waals surface area contributed by atoms with Gasteiger partial charge in [0.15, 0.2) is 0 Å². The van der Waals surface area contributed by atoms with E-state index in [-0.39, 0.29) is 11.8 Å². The number of ether oxygens (including phenoxy) is 1. The van der Waals surface area contributed by atoms with Crippen LogP contribution in [0.3, 0.4) is 0 Å². The number of nitrogens with one attached hydrogen (secondary N) is 1. The van der Waals surface area contributed by atoms with Crippen LogP contribution in [-0.4, -0.2) is 25.3 Å². The molecule has 0 heterocycles. The third kappa shape index (κ3) is 2.97. The van der Waals surface area contributed by atoms with E-state index in [9.17, 15) is 14.9 Å². The monoisotopic (exact) mass is 272 g/mol. The van der Waals surface area contributed by atoms with Gasteiger partial charge in [0.2, 0.25) is 5.91 Å². The normalized spacial score (nSPS) is 16.1. The summed E-state index contributed by atoms with van der Waals surface area (Å²) in [5, 5.41) is 11.9. The van der Waals surface area contributed by atoms with Crippen molar-refractivity contribution in [2.75, 3.05) is 13.2 Å². The smallest absolute Gasteiger partial charge is 0.216 e. The number of aldehydes is 1. The van der Waals surface area contributed by atoms with Crippen molar-refractivity contribution in [2.24, 2.45) is 5.92 Å². The summed E-state index contributed by atoms with van der Waals surface area (Å²) in [6.07, 6.45) is 2.24. The standard InChI is InChI=1S/C15H16N2O3/c1-10(19)17-4-5-20-15-3-2-12-6-11(9-18)7-13(12)14(15)8-16/h2-3,9,11H,4-7H2,1H3,(H,17,19). The summed E-state index contributed by atoms with van der Waals surface area (Å²) in [5.74, 6) is 0.367. The van der Waals surface area contributed by atoms with Crippen LogP contribution in [0.25, 0.3) is 0 Å². The van der Waals surface area contributed by atoms with Crippen molar-refractivity contribution in [2.45, 2.75) is 19.8 Å². The van der Waals surface area contributed by atoms with E-state index < -0.39 is 0 Å². The Bertz CT molecular complexity index is 575. The van der Waals surface area contributed by atoms with Gasteiger partial charge >= 0.3 is 0 Å². The minimum atomic E-state index is -0.114. The van der Waals surface area contributed by atoms with Crippen LogP contribution in [0, 0.1) is 17.2 Å². The van der Waals surface area contributed by atoms with Gasteiger partial charge in [0, 0.05) is 12.8 Å². The largest absolute Gasteiger partial charge is 0.490 e. The molecule has 1 aliphatic carbocycles. The minimum absolute atomic E-state index is 0.0354. The molecule has 0 aromatic heterocycles. The van der Waals surface area contributed by atoms with Crippen LogP contribution in [0.1, 0.15) is 23.6 Å². The predicted molar refractivity (Wildman–Crippen MR) is 72.3 cm³/mol. The fraction of sp³-hybridized carbons (Fsp3) is 0.400. The second-order valence-electron chi connectivity index (χ2n) is 4.82. The number of nitriles is 1. The summed E-state index contributed by atoms with van der Waals surface area (Å²) in [6, 6.07) is 5.83. The summed E-state index contributed by atoms with van der Waals surface area (Å²) in [4.78, 5) is 21.6. The molecule has 1 unspecified atom stereocenters. The Morgan fingerprint density at radius 2 is 2.35 bits per heavy atom. The van der Waals surface area contributed by atoms with Crippen LogP contribution in [0.5, 0.6) is 5.75 Å². The number of hydrogen-bond acceptors (Lipinski definition) is 4. The molecular weight excluding hydrogens is 256 g/mol. The SMILES string of the molecule is CC(=O)NCCOc1ccc2c(c1C#N)CC(C=O)C2. The molecule has 0 radical (unpaired) electrons. The second-order valence-corrected chi connectivity index (χ2v) is 4.82. The number of hydrogen-bond donors (Lipinski definition) is 1. The Balaban J connectivity index is 2.10. The molecule has 5 heteroatoms. The summed E-state index contributed by atoms with van der Waals surface area (Å²) >= 11 is 0. The number of rotatable bonds is 5. The van der Waals surface area contributed by atoms with E-state index in [0.29, 0.717) is 37.3 Å². The number of fused-ring (bicyclic) bond motifs is 1. The summed E-state index contributed by atoms with van der Waals surface area (Å²) in [6.45, 7) is 2.15. The van der Waals surface area contributed by atoms with E-state index in [1.165, 1.54) is 6.92 Å². The molecule has 0 bridgehead atoms. The molecule has 0 spiro atoms. The third-order valence-corrected chi connectivity index (χ3v) is 3.36. The number of benzene rings is 1. The first-order chi connectivity index (χ1) is 9.65. The maximum Gasteiger partial charge on any atom is 0.216 e. The quantitative estimate of drug-likeness (QED) is 0.640. The number of carbonyl (C=O) groups is 2. The predicted octanol–water partition coefficient (Wildman–Crippen LogP) is 0.987. The van der Waals surface area contributed by atoms with Gasteiger partial charge in [-0.25, -0.2) is 0 Å². The lowest BCUT2D eigenvalue weighted by molar-refractivity contribution is -0.119.